The molecular weight excluding hydrogens is 200 g/mol. The van der Waals surface area contributed by atoms with Gasteiger partial charge in [0.2, 0.25) is 0 Å². The molecule has 16 heavy (non-hydrogen) atoms. The summed E-state index contributed by atoms with van der Waals surface area (Å²) in [6, 6.07) is 0.767. The first kappa shape index (κ1) is 12.1. The molecule has 3 heteroatoms. The van der Waals surface area contributed by atoms with Crippen LogP contribution in [0.3, 0.4) is 0 Å². The number of hydrogen-bond acceptors (Lipinski definition) is 3. The van der Waals surface area contributed by atoms with Gasteiger partial charge in [-0.1, -0.05) is 12.8 Å². The average molecular weight is 224 g/mol. The van der Waals surface area contributed by atoms with Gasteiger partial charge >= 0.3 is 0 Å². The Morgan fingerprint density at radius 1 is 1.19 bits per heavy atom. The molecule has 1 atom stereocenters. The van der Waals surface area contributed by atoms with Gasteiger partial charge in [-0.25, -0.2) is 0 Å². The van der Waals surface area contributed by atoms with Crippen molar-refractivity contribution in [1.82, 2.24) is 9.80 Å². The minimum absolute atomic E-state index is 0.322. The Hall–Kier alpha value is -0.410. The van der Waals surface area contributed by atoms with Crippen molar-refractivity contribution >= 4 is 5.78 Å². The van der Waals surface area contributed by atoms with Gasteiger partial charge in [0.15, 0.2) is 0 Å². The van der Waals surface area contributed by atoms with Crippen molar-refractivity contribution in [2.75, 3.05) is 32.7 Å². The van der Waals surface area contributed by atoms with Crippen molar-refractivity contribution in [3.8, 4) is 0 Å². The molecule has 2 saturated heterocycles. The lowest BCUT2D eigenvalue weighted by molar-refractivity contribution is -0.117. The van der Waals surface area contributed by atoms with Crippen LogP contribution in [-0.4, -0.2) is 54.3 Å². The van der Waals surface area contributed by atoms with E-state index in [9.17, 15) is 4.79 Å². The van der Waals surface area contributed by atoms with E-state index in [4.69, 9.17) is 0 Å². The zero-order valence-electron chi connectivity index (χ0n) is 10.5. The van der Waals surface area contributed by atoms with Crippen LogP contribution in [0, 0.1) is 0 Å². The lowest BCUT2D eigenvalue weighted by Crippen LogP contribution is -2.52. The smallest absolute Gasteiger partial charge is 0.131 e. The number of nitrogens with zero attached hydrogens (tertiary/aromatic N) is 2. The molecule has 2 fully saturated rings. The summed E-state index contributed by atoms with van der Waals surface area (Å²) < 4.78 is 0. The van der Waals surface area contributed by atoms with E-state index in [1.807, 2.05) is 0 Å². The Bertz CT molecular complexity index is 242. The van der Waals surface area contributed by atoms with Gasteiger partial charge in [0.05, 0.1) is 0 Å². The van der Waals surface area contributed by atoms with Crippen molar-refractivity contribution < 1.29 is 4.79 Å². The highest BCUT2D eigenvalue weighted by Crippen LogP contribution is 2.20. The molecule has 0 amide bonds. The molecule has 0 bridgehead atoms. The Kier molecular flexibility index (Phi) is 4.36. The second-order valence-electron chi connectivity index (χ2n) is 5.29. The van der Waals surface area contributed by atoms with Crippen molar-refractivity contribution in [3.63, 3.8) is 0 Å². The summed E-state index contributed by atoms with van der Waals surface area (Å²) >= 11 is 0. The highest BCUT2D eigenvalue weighted by Gasteiger charge is 2.27. The number of carbonyl (C=O) groups excluding carboxylic acids is 1. The zero-order chi connectivity index (χ0) is 11.4. The lowest BCUT2D eigenvalue weighted by atomic mass is 10.1. The number of fused-ring (bicyclic) bond motifs is 1. The van der Waals surface area contributed by atoms with E-state index in [1.165, 1.54) is 45.3 Å². The first-order valence-electron chi connectivity index (χ1n) is 6.71. The van der Waals surface area contributed by atoms with E-state index in [1.54, 1.807) is 6.92 Å². The first-order chi connectivity index (χ1) is 7.75. The standard InChI is InChI=1S/C13H24N2O/c1-12(16)6-8-14-9-10-15-7-4-2-3-5-13(15)11-14/h13H,2-11H2,1H3. The predicted molar refractivity (Wildman–Crippen MR) is 65.6 cm³/mol. The van der Waals surface area contributed by atoms with Crippen molar-refractivity contribution in [2.45, 2.75) is 45.1 Å². The predicted octanol–water partition coefficient (Wildman–Crippen LogP) is 1.53. The van der Waals surface area contributed by atoms with Crippen LogP contribution in [0.25, 0.3) is 0 Å². The minimum Gasteiger partial charge on any atom is -0.300 e. The molecule has 0 radical (unpaired) electrons. The maximum Gasteiger partial charge on any atom is 0.131 e. The first-order valence-corrected chi connectivity index (χ1v) is 6.71. The Morgan fingerprint density at radius 3 is 2.88 bits per heavy atom. The summed E-state index contributed by atoms with van der Waals surface area (Å²) in [5.41, 5.74) is 0. The van der Waals surface area contributed by atoms with Gasteiger partial charge < -0.3 is 4.90 Å². The molecule has 0 aromatic heterocycles. The third-order valence-corrected chi connectivity index (χ3v) is 3.95. The number of carbonyl (C=O) groups is 1. The van der Waals surface area contributed by atoms with Crippen molar-refractivity contribution in [3.05, 3.63) is 0 Å². The molecule has 1 unspecified atom stereocenters. The minimum atomic E-state index is 0.322. The summed E-state index contributed by atoms with van der Waals surface area (Å²) in [5.74, 6) is 0.322. The van der Waals surface area contributed by atoms with Crippen LogP contribution in [0.1, 0.15) is 39.0 Å². The van der Waals surface area contributed by atoms with E-state index in [0.717, 1.165) is 25.6 Å². The molecule has 0 aromatic rings. The molecule has 0 N–H and O–H groups in total. The molecular formula is C13H24N2O. The van der Waals surface area contributed by atoms with Gasteiger partial charge in [-0.2, -0.15) is 0 Å². The number of rotatable bonds is 3. The molecule has 2 heterocycles. The Balaban J connectivity index is 1.81. The fraction of sp³-hybridized carbons (Fsp3) is 0.923. The van der Waals surface area contributed by atoms with Crippen LogP contribution in [0.2, 0.25) is 0 Å². The number of ketones is 1. The van der Waals surface area contributed by atoms with Crippen LogP contribution in [0.4, 0.5) is 0 Å². The molecule has 0 saturated carbocycles. The number of piperazine rings is 1. The van der Waals surface area contributed by atoms with Gasteiger partial charge in [0, 0.05) is 38.6 Å². The maximum absolute atomic E-state index is 11.0. The monoisotopic (exact) mass is 224 g/mol. The van der Waals surface area contributed by atoms with Crippen LogP contribution < -0.4 is 0 Å². The zero-order valence-corrected chi connectivity index (χ0v) is 10.5. The second kappa shape index (κ2) is 5.78. The molecule has 0 aromatic carbocycles. The topological polar surface area (TPSA) is 23.6 Å². The molecule has 92 valence electrons. The molecule has 2 aliphatic heterocycles. The summed E-state index contributed by atoms with van der Waals surface area (Å²) in [4.78, 5) is 16.1. The van der Waals surface area contributed by atoms with E-state index in [2.05, 4.69) is 9.80 Å². The maximum atomic E-state index is 11.0. The molecule has 0 spiro atoms. The largest absolute Gasteiger partial charge is 0.300 e. The van der Waals surface area contributed by atoms with E-state index in [-0.39, 0.29) is 0 Å². The summed E-state index contributed by atoms with van der Waals surface area (Å²) in [6.45, 7) is 7.52. The van der Waals surface area contributed by atoms with Crippen LogP contribution in [0.5, 0.6) is 0 Å². The molecule has 0 aliphatic carbocycles. The van der Waals surface area contributed by atoms with Gasteiger partial charge in [-0.3, -0.25) is 9.69 Å². The molecule has 3 nitrogen and oxygen atoms in total. The summed E-state index contributed by atoms with van der Waals surface area (Å²) in [6.07, 6.45) is 6.26. The fourth-order valence-corrected chi connectivity index (χ4v) is 2.92. The van der Waals surface area contributed by atoms with Crippen LogP contribution in [-0.2, 0) is 4.79 Å². The highest BCUT2D eigenvalue weighted by atomic mass is 16.1. The normalized spacial score (nSPS) is 28.4. The third-order valence-electron chi connectivity index (χ3n) is 3.95. The molecule has 2 aliphatic rings. The van der Waals surface area contributed by atoms with E-state index in [0.29, 0.717) is 5.78 Å². The van der Waals surface area contributed by atoms with Gasteiger partial charge in [-0.05, 0) is 26.3 Å². The van der Waals surface area contributed by atoms with Crippen LogP contribution >= 0.6 is 0 Å². The Morgan fingerprint density at radius 2 is 2.06 bits per heavy atom. The third kappa shape index (κ3) is 3.29. The van der Waals surface area contributed by atoms with E-state index < -0.39 is 0 Å². The fourth-order valence-electron chi connectivity index (χ4n) is 2.92. The number of Topliss-reactive ketones (excluding diaryl/α,β-unsaturated/α-hetero) is 1. The van der Waals surface area contributed by atoms with Crippen molar-refractivity contribution in [2.24, 2.45) is 0 Å². The highest BCUT2D eigenvalue weighted by molar-refractivity contribution is 5.75. The van der Waals surface area contributed by atoms with Gasteiger partial charge in [0.25, 0.3) is 0 Å². The number of hydrogen-bond donors (Lipinski definition) is 0. The second-order valence-corrected chi connectivity index (χ2v) is 5.29. The van der Waals surface area contributed by atoms with Gasteiger partial charge in [-0.15, -0.1) is 0 Å². The average Bonchev–Trinajstić information content (AvgIpc) is 2.50. The SMILES string of the molecule is CC(=O)CCN1CCN2CCCCCC2C1. The summed E-state index contributed by atoms with van der Waals surface area (Å²) in [7, 11) is 0. The quantitative estimate of drug-likeness (QED) is 0.726. The summed E-state index contributed by atoms with van der Waals surface area (Å²) in [5, 5.41) is 0. The Labute approximate surface area is 98.8 Å². The van der Waals surface area contributed by atoms with Crippen LogP contribution in [0.15, 0.2) is 0 Å². The molecule has 2 rings (SSSR count). The van der Waals surface area contributed by atoms with Crippen molar-refractivity contribution in [1.29, 1.82) is 0 Å². The van der Waals surface area contributed by atoms with E-state index >= 15 is 0 Å². The lowest BCUT2D eigenvalue weighted by Gasteiger charge is -2.40. The van der Waals surface area contributed by atoms with Gasteiger partial charge in [0.1, 0.15) is 5.78 Å².